The number of nitrogens with zero attached hydrogens (tertiary/aromatic N) is 1. The van der Waals surface area contributed by atoms with Gasteiger partial charge in [-0.05, 0) is 31.4 Å². The molecule has 1 aromatic carbocycles. The van der Waals surface area contributed by atoms with Gasteiger partial charge in [0.05, 0.1) is 13.2 Å². The third-order valence-electron chi connectivity index (χ3n) is 4.01. The van der Waals surface area contributed by atoms with Crippen LogP contribution in [-0.4, -0.2) is 30.6 Å². The summed E-state index contributed by atoms with van der Waals surface area (Å²) in [6, 6.07) is 11.0. The lowest BCUT2D eigenvalue weighted by Gasteiger charge is -2.21. The highest BCUT2D eigenvalue weighted by Crippen LogP contribution is 2.20. The van der Waals surface area contributed by atoms with Crippen molar-refractivity contribution < 1.29 is 4.74 Å². The summed E-state index contributed by atoms with van der Waals surface area (Å²) in [5, 5.41) is 0. The molecule has 1 unspecified atom stereocenters. The van der Waals surface area contributed by atoms with E-state index in [0.717, 1.165) is 13.0 Å². The Morgan fingerprint density at radius 2 is 2.05 bits per heavy atom. The van der Waals surface area contributed by atoms with Gasteiger partial charge < -0.3 is 4.74 Å². The molecule has 1 aliphatic heterocycles. The number of ether oxygens (including phenoxy) is 1. The second kappa shape index (κ2) is 10.1. The highest BCUT2D eigenvalue weighted by molar-refractivity contribution is 5.13. The lowest BCUT2D eigenvalue weighted by molar-refractivity contribution is 0.148. The van der Waals surface area contributed by atoms with Crippen LogP contribution in [0, 0.1) is 0 Å². The molecule has 1 atom stereocenters. The number of rotatable bonds is 9. The Bertz CT molecular complexity index is 478. The van der Waals surface area contributed by atoms with Crippen molar-refractivity contribution in [2.45, 2.75) is 31.9 Å². The van der Waals surface area contributed by atoms with Gasteiger partial charge in [0.25, 0.3) is 0 Å². The summed E-state index contributed by atoms with van der Waals surface area (Å²) in [5.74, 6) is 0. The van der Waals surface area contributed by atoms with Crippen LogP contribution in [0.15, 0.2) is 67.3 Å². The largest absolute Gasteiger partial charge is 0.373 e. The van der Waals surface area contributed by atoms with Crippen molar-refractivity contribution in [2.75, 3.05) is 19.7 Å². The lowest BCUT2D eigenvalue weighted by atomic mass is 10.1. The smallest absolute Gasteiger partial charge is 0.0721 e. The van der Waals surface area contributed by atoms with Crippen molar-refractivity contribution in [3.8, 4) is 0 Å². The van der Waals surface area contributed by atoms with Crippen molar-refractivity contribution in [1.29, 1.82) is 0 Å². The maximum atomic E-state index is 5.66. The summed E-state index contributed by atoms with van der Waals surface area (Å²) in [4.78, 5) is 2.56. The molecule has 0 spiro atoms. The lowest BCUT2D eigenvalue weighted by Crippen LogP contribution is -2.29. The Morgan fingerprint density at radius 3 is 2.86 bits per heavy atom. The fourth-order valence-corrected chi connectivity index (χ4v) is 2.83. The van der Waals surface area contributed by atoms with Gasteiger partial charge in [-0.15, -0.1) is 0 Å². The minimum atomic E-state index is 0.684. The van der Waals surface area contributed by atoms with Crippen molar-refractivity contribution in [1.82, 2.24) is 4.90 Å². The highest BCUT2D eigenvalue weighted by atomic mass is 16.5. The first kappa shape index (κ1) is 16.7. The van der Waals surface area contributed by atoms with Crippen molar-refractivity contribution in [2.24, 2.45) is 0 Å². The molecule has 0 aliphatic carbocycles. The first-order chi connectivity index (χ1) is 10.9. The van der Waals surface area contributed by atoms with E-state index < -0.39 is 0 Å². The molecule has 2 heteroatoms. The third-order valence-corrected chi connectivity index (χ3v) is 4.01. The van der Waals surface area contributed by atoms with Gasteiger partial charge >= 0.3 is 0 Å². The number of allylic oxidation sites excluding steroid dienone is 2. The number of hydrogen-bond donors (Lipinski definition) is 0. The quantitative estimate of drug-likeness (QED) is 0.381. The summed E-state index contributed by atoms with van der Waals surface area (Å²) in [6.45, 7) is 7.33. The average Bonchev–Trinajstić information content (AvgIpc) is 2.99. The van der Waals surface area contributed by atoms with E-state index in [0.29, 0.717) is 19.3 Å². The predicted molar refractivity (Wildman–Crippen MR) is 93.8 cm³/mol. The van der Waals surface area contributed by atoms with Crippen LogP contribution in [0.4, 0.5) is 0 Å². The first-order valence-corrected chi connectivity index (χ1v) is 8.18. The van der Waals surface area contributed by atoms with E-state index in [1.165, 1.54) is 24.9 Å². The summed E-state index contributed by atoms with van der Waals surface area (Å²) in [7, 11) is 0. The van der Waals surface area contributed by atoms with Gasteiger partial charge in [0, 0.05) is 12.6 Å². The van der Waals surface area contributed by atoms with Crippen LogP contribution in [0.1, 0.15) is 24.8 Å². The van der Waals surface area contributed by atoms with E-state index in [-0.39, 0.29) is 0 Å². The Kier molecular flexibility index (Phi) is 7.71. The number of hydrogen-bond acceptors (Lipinski definition) is 2. The molecule has 1 fully saturated rings. The van der Waals surface area contributed by atoms with Crippen LogP contribution < -0.4 is 0 Å². The molecule has 0 bridgehead atoms. The third kappa shape index (κ3) is 6.00. The van der Waals surface area contributed by atoms with E-state index in [1.54, 1.807) is 0 Å². The standard InChI is InChI=1S/C20H27NO/c1-2-3-5-13-20-14-10-16-21(20)15-8-9-17-22-18-19-11-6-4-7-12-19/h2-9,11-12,20H,1,10,13-18H2/b5-3+,9-8-. The normalized spacial score (nSPS) is 19.4. The van der Waals surface area contributed by atoms with Gasteiger partial charge in [-0.25, -0.2) is 0 Å². The molecule has 0 N–H and O–H groups in total. The predicted octanol–water partition coefficient (Wildman–Crippen LogP) is 4.36. The summed E-state index contributed by atoms with van der Waals surface area (Å²) >= 11 is 0. The Balaban J connectivity index is 1.62. The second-order valence-electron chi connectivity index (χ2n) is 5.66. The average molecular weight is 297 g/mol. The van der Waals surface area contributed by atoms with E-state index >= 15 is 0 Å². The van der Waals surface area contributed by atoms with Crippen LogP contribution in [0.5, 0.6) is 0 Å². The minimum absolute atomic E-state index is 0.684. The topological polar surface area (TPSA) is 12.5 Å². The van der Waals surface area contributed by atoms with E-state index in [1.807, 2.05) is 30.4 Å². The molecule has 2 rings (SSSR count). The maximum absolute atomic E-state index is 5.66. The van der Waals surface area contributed by atoms with Crippen molar-refractivity contribution in [3.63, 3.8) is 0 Å². The van der Waals surface area contributed by atoms with Gasteiger partial charge in [-0.3, -0.25) is 4.90 Å². The zero-order valence-electron chi connectivity index (χ0n) is 13.4. The fraction of sp³-hybridized carbons (Fsp3) is 0.400. The van der Waals surface area contributed by atoms with Gasteiger partial charge in [0.15, 0.2) is 0 Å². The molecule has 118 valence electrons. The van der Waals surface area contributed by atoms with Crippen LogP contribution in [0.3, 0.4) is 0 Å². The van der Waals surface area contributed by atoms with Crippen LogP contribution in [-0.2, 0) is 11.3 Å². The van der Waals surface area contributed by atoms with Crippen LogP contribution in [0.2, 0.25) is 0 Å². The summed E-state index contributed by atoms with van der Waals surface area (Å²) in [6.07, 6.45) is 14.2. The molecule has 1 heterocycles. The molecule has 1 aromatic rings. The van der Waals surface area contributed by atoms with Gasteiger partial charge in [-0.2, -0.15) is 0 Å². The fourth-order valence-electron chi connectivity index (χ4n) is 2.83. The SMILES string of the molecule is C=C/C=C/CC1CCCN1C/C=C\COCc1ccccc1. The molecule has 2 nitrogen and oxygen atoms in total. The monoisotopic (exact) mass is 297 g/mol. The minimum Gasteiger partial charge on any atom is -0.373 e. The van der Waals surface area contributed by atoms with Gasteiger partial charge in [0.1, 0.15) is 0 Å². The Hall–Kier alpha value is -1.64. The molecular formula is C20H27NO. The molecule has 1 aliphatic rings. The highest BCUT2D eigenvalue weighted by Gasteiger charge is 2.21. The van der Waals surface area contributed by atoms with E-state index in [9.17, 15) is 0 Å². The number of benzene rings is 1. The number of likely N-dealkylation sites (tertiary alicyclic amines) is 1. The zero-order chi connectivity index (χ0) is 15.5. The van der Waals surface area contributed by atoms with Gasteiger partial charge in [0.2, 0.25) is 0 Å². The molecule has 22 heavy (non-hydrogen) atoms. The molecule has 0 saturated carbocycles. The molecule has 0 radical (unpaired) electrons. The van der Waals surface area contributed by atoms with Crippen LogP contribution in [0.25, 0.3) is 0 Å². The Morgan fingerprint density at radius 1 is 1.18 bits per heavy atom. The van der Waals surface area contributed by atoms with E-state index in [4.69, 9.17) is 4.74 Å². The summed E-state index contributed by atoms with van der Waals surface area (Å²) in [5.41, 5.74) is 1.23. The first-order valence-electron chi connectivity index (χ1n) is 8.18. The molecule has 0 aromatic heterocycles. The molecule has 1 saturated heterocycles. The van der Waals surface area contributed by atoms with Crippen LogP contribution >= 0.6 is 0 Å². The summed E-state index contributed by atoms with van der Waals surface area (Å²) < 4.78 is 5.66. The zero-order valence-corrected chi connectivity index (χ0v) is 13.4. The van der Waals surface area contributed by atoms with Gasteiger partial charge in [-0.1, -0.05) is 67.3 Å². The second-order valence-corrected chi connectivity index (χ2v) is 5.66. The maximum Gasteiger partial charge on any atom is 0.0721 e. The Labute approximate surface area is 134 Å². The molecular weight excluding hydrogens is 270 g/mol. The molecule has 0 amide bonds. The van der Waals surface area contributed by atoms with Crippen molar-refractivity contribution >= 4 is 0 Å². The van der Waals surface area contributed by atoms with E-state index in [2.05, 4.69) is 41.8 Å². The van der Waals surface area contributed by atoms with Crippen molar-refractivity contribution in [3.05, 3.63) is 72.9 Å².